The highest BCUT2D eigenvalue weighted by molar-refractivity contribution is 9.10. The molecule has 1 amide bonds. The number of hydrogen-bond donors (Lipinski definition) is 1. The van der Waals surface area contributed by atoms with E-state index >= 15 is 0 Å². The number of halogens is 1. The van der Waals surface area contributed by atoms with Crippen LogP contribution in [0.4, 0.5) is 0 Å². The van der Waals surface area contributed by atoms with E-state index in [0.717, 1.165) is 10.0 Å². The molecule has 2 rings (SSSR count). The fraction of sp³-hybridized carbons (Fsp3) is 0.333. The van der Waals surface area contributed by atoms with Crippen LogP contribution in [0.3, 0.4) is 0 Å². The van der Waals surface area contributed by atoms with E-state index in [1.54, 1.807) is 0 Å². The number of amides is 1. The summed E-state index contributed by atoms with van der Waals surface area (Å²) in [5.74, 6) is -0.495. The fourth-order valence-corrected chi connectivity index (χ4v) is 1.92. The standard InChI is InChI=1S/C12H12BrNO3/c13-9-3-1-8(2-4-9)7-11(15)14-10-5-6-17-12(10)16/h1-4,10H,5-7H2,(H,14,15)/t10-/m1/s1. The Labute approximate surface area is 107 Å². The Morgan fingerprint density at radius 2 is 2.12 bits per heavy atom. The lowest BCUT2D eigenvalue weighted by molar-refractivity contribution is -0.141. The first-order valence-electron chi connectivity index (χ1n) is 5.35. The molecule has 1 atom stereocenters. The van der Waals surface area contributed by atoms with Gasteiger partial charge in [0, 0.05) is 10.9 Å². The predicted octanol–water partition coefficient (Wildman–Crippen LogP) is 1.42. The number of ether oxygens (including phenoxy) is 1. The van der Waals surface area contributed by atoms with Crippen LogP contribution in [0.25, 0.3) is 0 Å². The van der Waals surface area contributed by atoms with Gasteiger partial charge >= 0.3 is 5.97 Å². The molecule has 1 saturated heterocycles. The number of benzene rings is 1. The smallest absolute Gasteiger partial charge is 0.328 e. The van der Waals surface area contributed by atoms with Gasteiger partial charge in [-0.25, -0.2) is 4.79 Å². The molecule has 5 heteroatoms. The first-order chi connectivity index (χ1) is 8.15. The van der Waals surface area contributed by atoms with Gasteiger partial charge in [0.1, 0.15) is 6.04 Å². The topological polar surface area (TPSA) is 55.4 Å². The van der Waals surface area contributed by atoms with E-state index in [1.807, 2.05) is 24.3 Å². The molecule has 0 spiro atoms. The van der Waals surface area contributed by atoms with Gasteiger partial charge in [0.15, 0.2) is 0 Å². The third kappa shape index (κ3) is 3.30. The molecule has 1 aromatic rings. The molecule has 1 aliphatic heterocycles. The van der Waals surface area contributed by atoms with Crippen molar-refractivity contribution < 1.29 is 14.3 Å². The second-order valence-corrected chi connectivity index (χ2v) is 4.80. The van der Waals surface area contributed by atoms with E-state index in [2.05, 4.69) is 21.2 Å². The number of hydrogen-bond acceptors (Lipinski definition) is 3. The zero-order chi connectivity index (χ0) is 12.3. The van der Waals surface area contributed by atoms with Gasteiger partial charge in [-0.15, -0.1) is 0 Å². The largest absolute Gasteiger partial charge is 0.464 e. The second kappa shape index (κ2) is 5.31. The minimum absolute atomic E-state index is 0.156. The van der Waals surface area contributed by atoms with Crippen molar-refractivity contribution in [1.29, 1.82) is 0 Å². The van der Waals surface area contributed by atoms with Crippen LogP contribution in [0, 0.1) is 0 Å². The van der Waals surface area contributed by atoms with Crippen LogP contribution in [0.1, 0.15) is 12.0 Å². The van der Waals surface area contributed by atoms with Gasteiger partial charge in [0.05, 0.1) is 13.0 Å². The van der Waals surface area contributed by atoms with Crippen molar-refractivity contribution in [2.45, 2.75) is 18.9 Å². The number of nitrogens with one attached hydrogen (secondary N) is 1. The minimum atomic E-state index is -0.474. The molecule has 1 N–H and O–H groups in total. The van der Waals surface area contributed by atoms with Crippen molar-refractivity contribution in [3.05, 3.63) is 34.3 Å². The summed E-state index contributed by atoms with van der Waals surface area (Å²) in [4.78, 5) is 22.8. The van der Waals surface area contributed by atoms with Crippen LogP contribution >= 0.6 is 15.9 Å². The van der Waals surface area contributed by atoms with Gasteiger partial charge in [-0.05, 0) is 17.7 Å². The van der Waals surface area contributed by atoms with E-state index in [1.165, 1.54) is 0 Å². The monoisotopic (exact) mass is 297 g/mol. The number of cyclic esters (lactones) is 1. The Hall–Kier alpha value is -1.36. The van der Waals surface area contributed by atoms with Crippen molar-refractivity contribution in [1.82, 2.24) is 5.32 Å². The summed E-state index contributed by atoms with van der Waals surface area (Å²) < 4.78 is 5.75. The molecule has 0 saturated carbocycles. The average molecular weight is 298 g/mol. The molecule has 1 aromatic carbocycles. The van der Waals surface area contributed by atoms with E-state index in [4.69, 9.17) is 4.74 Å². The summed E-state index contributed by atoms with van der Waals surface area (Å²) in [5, 5.41) is 2.67. The molecule has 1 aliphatic rings. The Balaban J connectivity index is 1.88. The van der Waals surface area contributed by atoms with E-state index < -0.39 is 6.04 Å². The predicted molar refractivity (Wildman–Crippen MR) is 65.4 cm³/mol. The zero-order valence-electron chi connectivity index (χ0n) is 9.11. The van der Waals surface area contributed by atoms with Crippen molar-refractivity contribution in [3.63, 3.8) is 0 Å². The first kappa shape index (κ1) is 12.1. The fourth-order valence-electron chi connectivity index (χ4n) is 1.66. The highest BCUT2D eigenvalue weighted by atomic mass is 79.9. The lowest BCUT2D eigenvalue weighted by Gasteiger charge is -2.08. The lowest BCUT2D eigenvalue weighted by atomic mass is 10.1. The van der Waals surface area contributed by atoms with Gasteiger partial charge < -0.3 is 10.1 Å². The number of rotatable bonds is 3. The molecule has 90 valence electrons. The summed E-state index contributed by atoms with van der Waals surface area (Å²) in [6.45, 7) is 0.391. The van der Waals surface area contributed by atoms with E-state index in [-0.39, 0.29) is 18.3 Å². The number of carbonyl (C=O) groups excluding carboxylic acids is 2. The normalized spacial score (nSPS) is 18.9. The number of carbonyl (C=O) groups is 2. The van der Waals surface area contributed by atoms with E-state index in [0.29, 0.717) is 13.0 Å². The number of esters is 1. The van der Waals surface area contributed by atoms with Crippen LogP contribution in [-0.2, 0) is 20.7 Å². The maximum absolute atomic E-state index is 11.7. The molecule has 0 bridgehead atoms. The van der Waals surface area contributed by atoms with E-state index in [9.17, 15) is 9.59 Å². The van der Waals surface area contributed by atoms with Crippen molar-refractivity contribution in [2.75, 3.05) is 6.61 Å². The molecule has 1 fully saturated rings. The first-order valence-corrected chi connectivity index (χ1v) is 6.15. The quantitative estimate of drug-likeness (QED) is 0.859. The highest BCUT2D eigenvalue weighted by Gasteiger charge is 2.27. The third-order valence-corrected chi connectivity index (χ3v) is 3.08. The van der Waals surface area contributed by atoms with Crippen LogP contribution in [0.2, 0.25) is 0 Å². The molecular formula is C12H12BrNO3. The Bertz CT molecular complexity index is 430. The maximum atomic E-state index is 11.7. The summed E-state index contributed by atoms with van der Waals surface area (Å²) >= 11 is 3.33. The van der Waals surface area contributed by atoms with Crippen molar-refractivity contribution in [2.24, 2.45) is 0 Å². The molecule has 0 aromatic heterocycles. The SMILES string of the molecule is O=C(Cc1ccc(Br)cc1)N[C@@H]1CCOC1=O. The molecule has 4 nitrogen and oxygen atoms in total. The van der Waals surface area contributed by atoms with Crippen LogP contribution < -0.4 is 5.32 Å². The Kier molecular flexibility index (Phi) is 3.78. The summed E-state index contributed by atoms with van der Waals surface area (Å²) in [6.07, 6.45) is 0.835. The molecule has 0 aliphatic carbocycles. The summed E-state index contributed by atoms with van der Waals surface area (Å²) in [7, 11) is 0. The highest BCUT2D eigenvalue weighted by Crippen LogP contribution is 2.11. The molecule has 17 heavy (non-hydrogen) atoms. The minimum Gasteiger partial charge on any atom is -0.464 e. The van der Waals surface area contributed by atoms with Gasteiger partial charge in [0.25, 0.3) is 0 Å². The van der Waals surface area contributed by atoms with Crippen molar-refractivity contribution >= 4 is 27.8 Å². The Morgan fingerprint density at radius 3 is 2.71 bits per heavy atom. The third-order valence-electron chi connectivity index (χ3n) is 2.55. The second-order valence-electron chi connectivity index (χ2n) is 3.88. The average Bonchev–Trinajstić information content (AvgIpc) is 2.68. The summed E-state index contributed by atoms with van der Waals surface area (Å²) in [6, 6.07) is 7.03. The van der Waals surface area contributed by atoms with Gasteiger partial charge in [0.2, 0.25) is 5.91 Å². The molecule has 1 heterocycles. The van der Waals surface area contributed by atoms with Crippen molar-refractivity contribution in [3.8, 4) is 0 Å². The molecular weight excluding hydrogens is 286 g/mol. The molecule has 0 unspecified atom stereocenters. The summed E-state index contributed by atoms with van der Waals surface area (Å²) in [5.41, 5.74) is 0.914. The van der Waals surface area contributed by atoms with Gasteiger partial charge in [-0.2, -0.15) is 0 Å². The van der Waals surface area contributed by atoms with Crippen LogP contribution in [-0.4, -0.2) is 24.5 Å². The van der Waals surface area contributed by atoms with Gasteiger partial charge in [-0.1, -0.05) is 28.1 Å². The van der Waals surface area contributed by atoms with Crippen LogP contribution in [0.15, 0.2) is 28.7 Å². The molecule has 0 radical (unpaired) electrons. The van der Waals surface area contributed by atoms with Gasteiger partial charge in [-0.3, -0.25) is 4.79 Å². The maximum Gasteiger partial charge on any atom is 0.328 e. The Morgan fingerprint density at radius 1 is 1.41 bits per heavy atom. The van der Waals surface area contributed by atoms with Crippen LogP contribution in [0.5, 0.6) is 0 Å². The lowest BCUT2D eigenvalue weighted by Crippen LogP contribution is -2.38. The zero-order valence-corrected chi connectivity index (χ0v) is 10.7.